The molecule has 0 bridgehead atoms. The molecule has 206 valence electrons. The summed E-state index contributed by atoms with van der Waals surface area (Å²) < 4.78 is 43.3. The topological polar surface area (TPSA) is 176 Å². The summed E-state index contributed by atoms with van der Waals surface area (Å²) in [6.07, 6.45) is -6.71. The number of esters is 6. The third-order valence-electron chi connectivity index (χ3n) is 5.38. The molecule has 0 saturated carbocycles. The summed E-state index contributed by atoms with van der Waals surface area (Å²) in [7, 11) is 1.21. The number of rotatable bonds is 7. The summed E-state index contributed by atoms with van der Waals surface area (Å²) in [5.41, 5.74) is -0.265. The minimum absolute atomic E-state index is 0.0551. The van der Waals surface area contributed by atoms with Crippen molar-refractivity contribution in [3.63, 3.8) is 0 Å². The maximum absolute atomic E-state index is 13.2. The van der Waals surface area contributed by atoms with Crippen molar-refractivity contribution in [3.8, 4) is 17.2 Å². The van der Waals surface area contributed by atoms with Gasteiger partial charge in [-0.1, -0.05) is 0 Å². The van der Waals surface area contributed by atoms with Crippen molar-refractivity contribution in [2.75, 3.05) is 13.7 Å². The second kappa shape index (κ2) is 11.5. The maximum atomic E-state index is 13.2. The van der Waals surface area contributed by atoms with E-state index in [-0.39, 0.29) is 28.4 Å². The van der Waals surface area contributed by atoms with Gasteiger partial charge in [0.2, 0.25) is 5.75 Å². The van der Waals surface area contributed by atoms with Crippen molar-refractivity contribution in [1.29, 1.82) is 0 Å². The highest BCUT2D eigenvalue weighted by atomic mass is 16.7. The third-order valence-corrected chi connectivity index (χ3v) is 5.38. The Bertz CT molecular complexity index is 1170. The van der Waals surface area contributed by atoms with Gasteiger partial charge in [0.15, 0.2) is 29.8 Å². The molecule has 0 amide bonds. The lowest BCUT2D eigenvalue weighted by Gasteiger charge is -2.46. The largest absolute Gasteiger partial charge is 0.490 e. The fraction of sp³-hybridized carbons (Fsp3) is 0.500. The minimum atomic E-state index is -1.42. The van der Waals surface area contributed by atoms with Gasteiger partial charge in [-0.05, 0) is 6.07 Å². The van der Waals surface area contributed by atoms with E-state index in [1.807, 2.05) is 0 Å². The van der Waals surface area contributed by atoms with Crippen LogP contribution in [0.4, 0.5) is 0 Å². The van der Waals surface area contributed by atoms with E-state index < -0.39 is 72.9 Å². The summed E-state index contributed by atoms with van der Waals surface area (Å²) in [6.45, 7) is 5.10. The van der Waals surface area contributed by atoms with E-state index in [4.69, 9.17) is 37.9 Å². The average molecular weight is 538 g/mol. The molecule has 1 aromatic carbocycles. The number of hydrogen-bond donors (Lipinski definition) is 0. The van der Waals surface area contributed by atoms with Crippen LogP contribution in [0.1, 0.15) is 56.6 Å². The minimum Gasteiger partial charge on any atom is -0.490 e. The summed E-state index contributed by atoms with van der Waals surface area (Å²) in [5, 5.41) is 0. The molecule has 1 saturated heterocycles. The lowest BCUT2D eigenvalue weighted by Crippen LogP contribution is -2.60. The van der Waals surface area contributed by atoms with Gasteiger partial charge < -0.3 is 37.9 Å². The van der Waals surface area contributed by atoms with E-state index in [0.717, 1.165) is 40.7 Å². The van der Waals surface area contributed by atoms with Crippen molar-refractivity contribution in [1.82, 2.24) is 0 Å². The molecule has 2 aliphatic rings. The average Bonchev–Trinajstić information content (AvgIpc) is 2.78. The molecular formula is C24H26O14. The molecule has 0 spiro atoms. The molecule has 0 aliphatic carbocycles. The fourth-order valence-corrected chi connectivity index (χ4v) is 4.21. The van der Waals surface area contributed by atoms with E-state index in [2.05, 4.69) is 0 Å². The quantitative estimate of drug-likeness (QED) is 0.272. The van der Waals surface area contributed by atoms with Crippen LogP contribution in [-0.4, -0.2) is 73.9 Å². The van der Waals surface area contributed by atoms with Crippen LogP contribution in [0.25, 0.3) is 0 Å². The summed E-state index contributed by atoms with van der Waals surface area (Å²) in [4.78, 5) is 72.3. The number of fused-ring (bicyclic) bond motifs is 3. The molecule has 1 aromatic rings. The normalized spacial score (nSPS) is 23.5. The number of carbonyl (C=O) groups excluding carboxylic acids is 6. The Kier molecular flexibility index (Phi) is 8.56. The number of methoxy groups -OCH3 is 1. The number of hydrogen-bond acceptors (Lipinski definition) is 14. The zero-order chi connectivity index (χ0) is 28.3. The molecule has 14 nitrogen and oxygen atoms in total. The zero-order valence-corrected chi connectivity index (χ0v) is 21.4. The monoisotopic (exact) mass is 538 g/mol. The number of benzene rings is 1. The first kappa shape index (κ1) is 28.4. The van der Waals surface area contributed by atoms with Crippen molar-refractivity contribution in [3.05, 3.63) is 17.2 Å². The van der Waals surface area contributed by atoms with Gasteiger partial charge in [-0.25, -0.2) is 4.79 Å². The Morgan fingerprint density at radius 2 is 1.42 bits per heavy atom. The molecule has 3 unspecified atom stereocenters. The molecule has 38 heavy (non-hydrogen) atoms. The lowest BCUT2D eigenvalue weighted by molar-refractivity contribution is -0.251. The van der Waals surface area contributed by atoms with Crippen LogP contribution in [0, 0.1) is 0 Å². The molecule has 2 heterocycles. The van der Waals surface area contributed by atoms with Gasteiger partial charge in [-0.3, -0.25) is 24.0 Å². The van der Waals surface area contributed by atoms with Crippen LogP contribution < -0.4 is 14.2 Å². The standard InChI is InChI=1S/C24H26O14/c1-9(25)32-8-16-19(34-11(3)27)22(36-13(5)29)23-21(37-16)17-14(24(30)38-23)7-15(33-10(2)26)18(31-6)20(17)35-12(4)28/h7,16,19,21-23H,8H2,1-6H3/t16?,19?,21-,22?,23+/m0/s1. The van der Waals surface area contributed by atoms with E-state index >= 15 is 0 Å². The Morgan fingerprint density at radius 3 is 1.95 bits per heavy atom. The molecular weight excluding hydrogens is 512 g/mol. The molecule has 5 atom stereocenters. The Morgan fingerprint density at radius 1 is 0.816 bits per heavy atom. The smallest absolute Gasteiger partial charge is 0.339 e. The van der Waals surface area contributed by atoms with Crippen molar-refractivity contribution < 1.29 is 66.7 Å². The first-order chi connectivity index (χ1) is 17.8. The van der Waals surface area contributed by atoms with Gasteiger partial charge in [0.25, 0.3) is 0 Å². The van der Waals surface area contributed by atoms with Gasteiger partial charge >= 0.3 is 35.8 Å². The molecule has 2 aliphatic heterocycles. The van der Waals surface area contributed by atoms with Crippen LogP contribution in [0.3, 0.4) is 0 Å². The van der Waals surface area contributed by atoms with Crippen LogP contribution in [0.15, 0.2) is 6.07 Å². The molecule has 1 fully saturated rings. The van der Waals surface area contributed by atoms with Crippen molar-refractivity contribution in [2.45, 2.75) is 65.1 Å². The number of carbonyl (C=O) groups is 6. The van der Waals surface area contributed by atoms with Gasteiger partial charge in [0.1, 0.15) is 18.8 Å². The van der Waals surface area contributed by atoms with Crippen molar-refractivity contribution in [2.24, 2.45) is 0 Å². The molecule has 0 N–H and O–H groups in total. The SMILES string of the molecule is COc1c(OC(C)=O)cc2c(c1OC(C)=O)[C@@H]1OC(COC(C)=O)C(OC(C)=O)C(OC(C)=O)[C@@H]1OC2=O. The summed E-state index contributed by atoms with van der Waals surface area (Å²) in [6, 6.07) is 1.14. The third kappa shape index (κ3) is 6.02. The lowest BCUT2D eigenvalue weighted by atomic mass is 9.85. The summed E-state index contributed by atoms with van der Waals surface area (Å²) in [5.74, 6) is -5.59. The molecule has 0 radical (unpaired) electrons. The second-order valence-corrected chi connectivity index (χ2v) is 8.30. The van der Waals surface area contributed by atoms with Crippen molar-refractivity contribution >= 4 is 35.8 Å². The van der Waals surface area contributed by atoms with Crippen LogP contribution >= 0.6 is 0 Å². The maximum Gasteiger partial charge on any atom is 0.339 e. The highest BCUT2D eigenvalue weighted by Crippen LogP contribution is 2.51. The van der Waals surface area contributed by atoms with Crippen LogP contribution in [0.2, 0.25) is 0 Å². The Hall–Kier alpha value is -4.20. The van der Waals surface area contributed by atoms with Gasteiger partial charge in [-0.15, -0.1) is 0 Å². The summed E-state index contributed by atoms with van der Waals surface area (Å²) >= 11 is 0. The van der Waals surface area contributed by atoms with E-state index in [9.17, 15) is 28.8 Å². The van der Waals surface area contributed by atoms with Gasteiger partial charge in [0.05, 0.1) is 12.7 Å². The van der Waals surface area contributed by atoms with Crippen LogP contribution in [-0.2, 0) is 47.7 Å². The fourth-order valence-electron chi connectivity index (χ4n) is 4.21. The highest BCUT2D eigenvalue weighted by molar-refractivity contribution is 5.96. The predicted octanol–water partition coefficient (Wildman–Crippen LogP) is 0.951. The van der Waals surface area contributed by atoms with E-state index in [1.54, 1.807) is 0 Å². The zero-order valence-electron chi connectivity index (χ0n) is 21.4. The first-order valence-electron chi connectivity index (χ1n) is 11.3. The van der Waals surface area contributed by atoms with Gasteiger partial charge in [0, 0.05) is 40.2 Å². The number of ether oxygens (including phenoxy) is 8. The Labute approximate surface area is 216 Å². The molecule has 3 rings (SSSR count). The van der Waals surface area contributed by atoms with Crippen LogP contribution in [0.5, 0.6) is 17.2 Å². The Balaban J connectivity index is 2.26. The van der Waals surface area contributed by atoms with E-state index in [0.29, 0.717) is 0 Å². The highest BCUT2D eigenvalue weighted by Gasteiger charge is 2.56. The van der Waals surface area contributed by atoms with E-state index in [1.165, 1.54) is 7.11 Å². The van der Waals surface area contributed by atoms with Gasteiger partial charge in [-0.2, -0.15) is 0 Å². The molecule has 0 aromatic heterocycles. The molecule has 14 heteroatoms. The first-order valence-corrected chi connectivity index (χ1v) is 11.3. The second-order valence-electron chi connectivity index (χ2n) is 8.30. The predicted molar refractivity (Wildman–Crippen MR) is 120 cm³/mol.